The van der Waals surface area contributed by atoms with Crippen LogP contribution in [-0.2, 0) is 4.79 Å². The third-order valence-electron chi connectivity index (χ3n) is 5.30. The molecule has 2 aliphatic carbocycles. The fourth-order valence-electron chi connectivity index (χ4n) is 3.93. The fourth-order valence-corrected chi connectivity index (χ4v) is 3.93. The van der Waals surface area contributed by atoms with Gasteiger partial charge < -0.3 is 4.90 Å². The van der Waals surface area contributed by atoms with Gasteiger partial charge in [-0.25, -0.2) is 0 Å². The number of allylic oxidation sites excluding steroid dienone is 2. The highest BCUT2D eigenvalue weighted by molar-refractivity contribution is 5.73. The zero-order valence-corrected chi connectivity index (χ0v) is 13.7. The molecule has 114 valence electrons. The molecular formula is C18H31NO. The molecule has 20 heavy (non-hydrogen) atoms. The lowest BCUT2D eigenvalue weighted by atomic mass is 9.78. The summed E-state index contributed by atoms with van der Waals surface area (Å²) in [5, 5.41) is 0. The van der Waals surface area contributed by atoms with E-state index in [-0.39, 0.29) is 5.91 Å². The van der Waals surface area contributed by atoms with Gasteiger partial charge >= 0.3 is 0 Å². The summed E-state index contributed by atoms with van der Waals surface area (Å²) in [6, 6.07) is 0. The number of nitrogens with zero attached hydrogens (tertiary/aromatic N) is 1. The molecule has 2 nitrogen and oxygen atoms in total. The molecule has 0 saturated heterocycles. The normalized spacial score (nSPS) is 32.7. The summed E-state index contributed by atoms with van der Waals surface area (Å²) in [6.45, 7) is 10.5. The Balaban J connectivity index is 1.83. The van der Waals surface area contributed by atoms with Crippen LogP contribution >= 0.6 is 0 Å². The Labute approximate surface area is 124 Å². The van der Waals surface area contributed by atoms with Gasteiger partial charge in [0.05, 0.1) is 0 Å². The highest BCUT2D eigenvalue weighted by Crippen LogP contribution is 2.51. The maximum Gasteiger partial charge on any atom is 0.219 e. The summed E-state index contributed by atoms with van der Waals surface area (Å²) < 4.78 is 0. The van der Waals surface area contributed by atoms with E-state index in [9.17, 15) is 4.79 Å². The first-order valence-corrected chi connectivity index (χ1v) is 8.45. The van der Waals surface area contributed by atoms with Crippen LogP contribution in [0.25, 0.3) is 0 Å². The Morgan fingerprint density at radius 2 is 2.15 bits per heavy atom. The molecule has 2 unspecified atom stereocenters. The van der Waals surface area contributed by atoms with Crippen LogP contribution in [0.3, 0.4) is 0 Å². The predicted octanol–water partition coefficient (Wildman–Crippen LogP) is 4.26. The Morgan fingerprint density at radius 1 is 1.40 bits per heavy atom. The number of unbranched alkanes of at least 4 members (excludes halogenated alkanes) is 1. The van der Waals surface area contributed by atoms with Crippen LogP contribution in [-0.4, -0.2) is 23.9 Å². The molecule has 0 aromatic heterocycles. The number of amides is 1. The van der Waals surface area contributed by atoms with Gasteiger partial charge in [-0.1, -0.05) is 31.9 Å². The number of hydrogen-bond acceptors (Lipinski definition) is 1. The third kappa shape index (κ3) is 3.86. The second-order valence-corrected chi connectivity index (χ2v) is 7.05. The van der Waals surface area contributed by atoms with Crippen molar-refractivity contribution in [3.8, 4) is 0 Å². The molecule has 0 N–H and O–H groups in total. The van der Waals surface area contributed by atoms with E-state index in [1.165, 1.54) is 25.7 Å². The van der Waals surface area contributed by atoms with E-state index in [2.05, 4.69) is 31.7 Å². The highest BCUT2D eigenvalue weighted by Gasteiger charge is 2.45. The molecule has 0 heterocycles. The summed E-state index contributed by atoms with van der Waals surface area (Å²) in [4.78, 5) is 13.8. The van der Waals surface area contributed by atoms with Crippen LogP contribution < -0.4 is 0 Å². The number of rotatable bonds is 6. The van der Waals surface area contributed by atoms with Gasteiger partial charge in [-0.3, -0.25) is 4.79 Å². The molecule has 1 amide bonds. The highest BCUT2D eigenvalue weighted by atomic mass is 16.2. The van der Waals surface area contributed by atoms with Gasteiger partial charge in [-0.15, -0.1) is 0 Å². The van der Waals surface area contributed by atoms with Gasteiger partial charge in [0.15, 0.2) is 0 Å². The molecule has 2 rings (SSSR count). The van der Waals surface area contributed by atoms with Crippen molar-refractivity contribution in [3.63, 3.8) is 0 Å². The molecular weight excluding hydrogens is 246 g/mol. The Hall–Kier alpha value is -0.790. The Morgan fingerprint density at radius 3 is 2.75 bits per heavy atom. The van der Waals surface area contributed by atoms with Gasteiger partial charge in [0.25, 0.3) is 0 Å². The summed E-state index contributed by atoms with van der Waals surface area (Å²) in [5.41, 5.74) is 1.57. The summed E-state index contributed by atoms with van der Waals surface area (Å²) in [7, 11) is 0. The molecule has 2 aliphatic rings. The van der Waals surface area contributed by atoms with Gasteiger partial charge in [-0.05, 0) is 56.3 Å². The second kappa shape index (κ2) is 6.78. The van der Waals surface area contributed by atoms with Crippen molar-refractivity contribution in [2.45, 2.75) is 59.8 Å². The van der Waals surface area contributed by atoms with E-state index < -0.39 is 0 Å². The molecule has 4 atom stereocenters. The molecule has 0 aliphatic heterocycles. The number of carbonyl (C=O) groups is 1. The number of hydrogen-bond donors (Lipinski definition) is 0. The van der Waals surface area contributed by atoms with Gasteiger partial charge in [0.2, 0.25) is 5.91 Å². The average molecular weight is 277 g/mol. The molecule has 0 spiro atoms. The smallest absolute Gasteiger partial charge is 0.219 e. The van der Waals surface area contributed by atoms with Crippen molar-refractivity contribution in [2.24, 2.45) is 23.7 Å². The van der Waals surface area contributed by atoms with Crippen LogP contribution in [0.2, 0.25) is 0 Å². The lowest BCUT2D eigenvalue weighted by Gasteiger charge is -2.28. The zero-order valence-electron chi connectivity index (χ0n) is 13.7. The van der Waals surface area contributed by atoms with Crippen LogP contribution in [0.4, 0.5) is 0 Å². The second-order valence-electron chi connectivity index (χ2n) is 7.05. The molecule has 0 aromatic carbocycles. The quantitative estimate of drug-likeness (QED) is 0.664. The van der Waals surface area contributed by atoms with Crippen molar-refractivity contribution in [2.75, 3.05) is 13.1 Å². The van der Waals surface area contributed by atoms with Crippen molar-refractivity contribution in [1.29, 1.82) is 0 Å². The zero-order chi connectivity index (χ0) is 14.7. The minimum absolute atomic E-state index is 0.261. The summed E-state index contributed by atoms with van der Waals surface area (Å²) >= 11 is 0. The van der Waals surface area contributed by atoms with E-state index >= 15 is 0 Å². The third-order valence-corrected chi connectivity index (χ3v) is 5.30. The van der Waals surface area contributed by atoms with Crippen molar-refractivity contribution in [1.82, 2.24) is 4.90 Å². The first kappa shape index (κ1) is 15.6. The molecule has 1 fully saturated rings. The predicted molar refractivity (Wildman–Crippen MR) is 84.4 cm³/mol. The van der Waals surface area contributed by atoms with Crippen molar-refractivity contribution >= 4 is 5.91 Å². The van der Waals surface area contributed by atoms with Gasteiger partial charge in [-0.2, -0.15) is 0 Å². The maximum atomic E-state index is 11.7. The topological polar surface area (TPSA) is 20.3 Å². The fraction of sp³-hybridized carbons (Fsp3) is 0.833. The minimum atomic E-state index is 0.261. The lowest BCUT2D eigenvalue weighted by molar-refractivity contribution is -0.129. The maximum absolute atomic E-state index is 11.7. The van der Waals surface area contributed by atoms with Gasteiger partial charge in [0.1, 0.15) is 0 Å². The first-order valence-electron chi connectivity index (χ1n) is 8.45. The van der Waals surface area contributed by atoms with E-state index in [0.29, 0.717) is 0 Å². The van der Waals surface area contributed by atoms with Crippen LogP contribution in [0.1, 0.15) is 59.8 Å². The van der Waals surface area contributed by atoms with Gasteiger partial charge in [0, 0.05) is 20.0 Å². The van der Waals surface area contributed by atoms with E-state index in [1.54, 1.807) is 12.5 Å². The minimum Gasteiger partial charge on any atom is -0.343 e. The molecule has 0 radical (unpaired) electrons. The van der Waals surface area contributed by atoms with E-state index in [1.807, 2.05) is 0 Å². The van der Waals surface area contributed by atoms with Crippen molar-refractivity contribution < 1.29 is 4.79 Å². The Kier molecular flexibility index (Phi) is 5.29. The van der Waals surface area contributed by atoms with E-state index in [0.717, 1.165) is 43.2 Å². The van der Waals surface area contributed by atoms with Crippen LogP contribution in [0.15, 0.2) is 11.6 Å². The molecule has 0 aromatic rings. The van der Waals surface area contributed by atoms with E-state index in [4.69, 9.17) is 0 Å². The lowest BCUT2D eigenvalue weighted by Crippen LogP contribution is -2.32. The summed E-state index contributed by atoms with van der Waals surface area (Å²) in [6.07, 6.45) is 8.77. The molecule has 1 saturated carbocycles. The first-order chi connectivity index (χ1) is 9.52. The molecule has 2 heteroatoms. The molecule has 0 bridgehead atoms. The monoisotopic (exact) mass is 277 g/mol. The largest absolute Gasteiger partial charge is 0.343 e. The summed E-state index contributed by atoms with van der Waals surface area (Å²) in [5.74, 6) is 3.51. The van der Waals surface area contributed by atoms with Crippen LogP contribution in [0.5, 0.6) is 0 Å². The average Bonchev–Trinajstić information content (AvgIpc) is 3.13. The Bertz CT molecular complexity index is 374. The SMILES string of the molecule is CCCCN(C[C@H]1CC1C1CCC(C)=C[C@@H]1C)C(C)=O. The van der Waals surface area contributed by atoms with Crippen LogP contribution in [0, 0.1) is 23.7 Å². The standard InChI is InChI=1S/C18H31NO/c1-5-6-9-19(15(4)20)12-16-11-18(16)17-8-7-13(2)10-14(17)3/h10,14,16-18H,5-9,11-12H2,1-4H3/t14-,16+,17?,18?/m0/s1. The van der Waals surface area contributed by atoms with Crippen molar-refractivity contribution in [3.05, 3.63) is 11.6 Å². The number of carbonyl (C=O) groups excluding carboxylic acids is 1.